The quantitative estimate of drug-likeness (QED) is 0.138. The summed E-state index contributed by atoms with van der Waals surface area (Å²) >= 11 is 0. The van der Waals surface area contributed by atoms with E-state index in [0.29, 0.717) is 60.6 Å². The maximum atomic E-state index is 12.6. The van der Waals surface area contributed by atoms with E-state index in [1.165, 1.54) is 60.9 Å². The van der Waals surface area contributed by atoms with Crippen LogP contribution in [0.1, 0.15) is 246 Å². The van der Waals surface area contributed by atoms with E-state index in [-0.39, 0.29) is 33.8 Å². The largest absolute Gasteiger partial charge is 0.396 e. The van der Waals surface area contributed by atoms with E-state index in [1.54, 1.807) is 5.30 Å². The summed E-state index contributed by atoms with van der Waals surface area (Å²) in [4.78, 5) is 12.6. The van der Waals surface area contributed by atoms with Crippen molar-refractivity contribution >= 4 is 32.2 Å². The van der Waals surface area contributed by atoms with Gasteiger partial charge in [0.1, 0.15) is 5.78 Å². The van der Waals surface area contributed by atoms with E-state index in [1.807, 2.05) is 0 Å². The Hall–Kier alpha value is -2.75. The lowest BCUT2D eigenvalue weighted by Gasteiger charge is -2.57. The van der Waals surface area contributed by atoms with Crippen molar-refractivity contribution in [3.63, 3.8) is 0 Å². The van der Waals surface area contributed by atoms with Gasteiger partial charge in [-0.15, -0.1) is 0 Å². The Kier molecular flexibility index (Phi) is 20.7. The number of Topliss-reactive ketones (excluding diaryl/α,β-unsaturated/α-hetero) is 1. The van der Waals surface area contributed by atoms with Gasteiger partial charge >= 0.3 is 0 Å². The highest BCUT2D eigenvalue weighted by molar-refractivity contribution is 7.69. The van der Waals surface area contributed by atoms with Gasteiger partial charge in [-0.1, -0.05) is 227 Å². The molecule has 3 saturated heterocycles. The lowest BCUT2D eigenvalue weighted by atomic mass is 9.82. The number of rotatable bonds is 12. The first-order valence-electron chi connectivity index (χ1n) is 28.1. The zero-order valence-electron chi connectivity index (χ0n) is 49.5. The molecule has 7 heteroatoms. The first-order chi connectivity index (χ1) is 34.0. The third-order valence-corrected chi connectivity index (χ3v) is 22.7. The predicted octanol–water partition coefficient (Wildman–Crippen LogP) is 17.4. The average Bonchev–Trinajstić information content (AvgIpc) is 3.27. The molecule has 2 N–H and O–H groups in total. The molecule has 0 bridgehead atoms. The Labute approximate surface area is 448 Å². The zero-order chi connectivity index (χ0) is 54.6. The molecule has 0 aromatic heterocycles. The van der Waals surface area contributed by atoms with E-state index < -0.39 is 21.6 Å². The van der Waals surface area contributed by atoms with Gasteiger partial charge in [0.05, 0.1) is 13.2 Å². The van der Waals surface area contributed by atoms with E-state index in [2.05, 4.69) is 211 Å². The first kappa shape index (κ1) is 61.1. The Morgan fingerprint density at radius 1 is 0.479 bits per heavy atom. The van der Waals surface area contributed by atoms with Crippen LogP contribution in [0.5, 0.6) is 0 Å². The summed E-state index contributed by atoms with van der Waals surface area (Å²) in [7, 11) is -1.02. The molecule has 3 fully saturated rings. The molecule has 7 rings (SSSR count). The molecular weight excluding hydrogens is 935 g/mol. The number of carbonyl (C=O) groups is 1. The van der Waals surface area contributed by atoms with Crippen LogP contribution >= 0.6 is 15.8 Å². The summed E-state index contributed by atoms with van der Waals surface area (Å²) in [6.07, 6.45) is 4.81. The van der Waals surface area contributed by atoms with Crippen LogP contribution in [0.2, 0.25) is 0 Å². The van der Waals surface area contributed by atoms with Gasteiger partial charge in [0.15, 0.2) is 5.79 Å². The molecule has 3 aliphatic heterocycles. The normalized spacial score (nSPS) is 19.4. The highest BCUT2D eigenvalue weighted by atomic mass is 31.1. The maximum absolute atomic E-state index is 12.6. The van der Waals surface area contributed by atoms with Crippen LogP contribution in [-0.2, 0) is 14.3 Å². The molecule has 0 aliphatic carbocycles. The highest BCUT2D eigenvalue weighted by Gasteiger charge is 2.56. The lowest BCUT2D eigenvalue weighted by molar-refractivity contribution is -0.280. The van der Waals surface area contributed by atoms with Crippen molar-refractivity contribution in [1.29, 1.82) is 0 Å². The molecule has 0 radical (unpaired) electrons. The second-order valence-electron chi connectivity index (χ2n) is 26.0. The number of ether oxygens (including phenoxy) is 2. The van der Waals surface area contributed by atoms with E-state index in [9.17, 15) is 4.79 Å². The molecule has 0 unspecified atom stereocenters. The fraction of sp³-hybridized carbons (Fsp3) is 0.621. The van der Waals surface area contributed by atoms with Gasteiger partial charge < -0.3 is 19.7 Å². The average molecular weight is 1040 g/mol. The fourth-order valence-corrected chi connectivity index (χ4v) is 21.5. The van der Waals surface area contributed by atoms with Gasteiger partial charge in [0, 0.05) is 38.9 Å². The number of aliphatic hydroxyl groups is 2. The van der Waals surface area contributed by atoms with Gasteiger partial charge in [0.25, 0.3) is 0 Å². The molecule has 5 nitrogen and oxygen atoms in total. The molecule has 4 aromatic rings. The van der Waals surface area contributed by atoms with Crippen LogP contribution in [0.15, 0.2) is 72.8 Å². The van der Waals surface area contributed by atoms with Crippen LogP contribution in [0.25, 0.3) is 22.3 Å². The Balaban J connectivity index is 0.000000249. The number of benzene rings is 4. The van der Waals surface area contributed by atoms with Crippen LogP contribution in [0.4, 0.5) is 0 Å². The van der Waals surface area contributed by atoms with Crippen molar-refractivity contribution in [3.8, 4) is 22.3 Å². The van der Waals surface area contributed by atoms with Crippen LogP contribution in [-0.4, -0.2) is 68.8 Å². The van der Waals surface area contributed by atoms with Crippen LogP contribution < -0.4 is 10.6 Å². The second-order valence-corrected chi connectivity index (χ2v) is 33.2. The van der Waals surface area contributed by atoms with Crippen LogP contribution in [0, 0.1) is 0 Å². The smallest absolute Gasteiger partial charge is 0.169 e. The molecule has 3 heterocycles. The molecule has 73 heavy (non-hydrogen) atoms. The zero-order valence-corrected chi connectivity index (χ0v) is 51.3. The van der Waals surface area contributed by atoms with Gasteiger partial charge in [0.2, 0.25) is 0 Å². The van der Waals surface area contributed by atoms with Gasteiger partial charge in [-0.3, -0.25) is 4.79 Å². The summed E-state index contributed by atoms with van der Waals surface area (Å²) in [5, 5.41) is 19.0. The summed E-state index contributed by atoms with van der Waals surface area (Å²) in [5.41, 5.74) is 14.6. The standard InChI is InChI=1S/C33H49O2P.C30H43OP.C3H8O2/c1-22(2)25-18-27(23(3)4)30(28(19-25)24(5)6)26-14-11-12-15-29(26)36-31(7,8)20-33(21-32(36,9)10)34-16-13-17-35-33;1-19(2)22-15-25(20(3)4)28(26(16-22)21(5)6)24-13-11-12-14-27(24)32-29(7,8)17-23(31)18-30(32,9)10;4-2-1-3-5/h11-12,14-15,18-19,22-24H,13,16-17,20-21H2,1-10H3;11-16,19-21H,17-18H2,1-10H3;4-5H,1-3H2. The summed E-state index contributed by atoms with van der Waals surface area (Å²) in [5.74, 6) is 2.88. The van der Waals surface area contributed by atoms with Crippen molar-refractivity contribution in [2.24, 2.45) is 0 Å². The fourth-order valence-electron chi connectivity index (χ4n) is 12.9. The number of hydrogen-bond donors (Lipinski definition) is 2. The van der Waals surface area contributed by atoms with Crippen molar-refractivity contribution < 1.29 is 24.5 Å². The summed E-state index contributed by atoms with van der Waals surface area (Å²) in [6, 6.07) is 28.4. The van der Waals surface area contributed by atoms with Crippen molar-refractivity contribution in [3.05, 3.63) is 106 Å². The first-order valence-corrected chi connectivity index (χ1v) is 30.8. The highest BCUT2D eigenvalue weighted by Crippen LogP contribution is 2.69. The molecule has 404 valence electrons. The molecule has 0 atom stereocenters. The van der Waals surface area contributed by atoms with Crippen molar-refractivity contribution in [1.82, 2.24) is 0 Å². The van der Waals surface area contributed by atoms with Gasteiger partial charge in [-0.25, -0.2) is 0 Å². The van der Waals surface area contributed by atoms with Crippen LogP contribution in [0.3, 0.4) is 0 Å². The number of hydrogen-bond acceptors (Lipinski definition) is 5. The summed E-state index contributed by atoms with van der Waals surface area (Å²) < 4.78 is 12.8. The Morgan fingerprint density at radius 3 is 1.08 bits per heavy atom. The van der Waals surface area contributed by atoms with E-state index in [4.69, 9.17) is 19.7 Å². The van der Waals surface area contributed by atoms with Gasteiger partial charge in [-0.2, -0.15) is 0 Å². The van der Waals surface area contributed by atoms with E-state index >= 15 is 0 Å². The lowest BCUT2D eigenvalue weighted by Crippen LogP contribution is -2.56. The summed E-state index contributed by atoms with van der Waals surface area (Å²) in [6.45, 7) is 48.9. The molecule has 0 amide bonds. The molecular formula is C66H100O5P2. The van der Waals surface area contributed by atoms with Gasteiger partial charge in [-0.05, 0) is 135 Å². The molecule has 3 aliphatic rings. The Morgan fingerprint density at radius 2 is 0.795 bits per heavy atom. The molecule has 4 aromatic carbocycles. The minimum absolute atomic E-state index is 0.00185. The third kappa shape index (κ3) is 14.1. The molecule has 1 spiro atoms. The monoisotopic (exact) mass is 1030 g/mol. The van der Waals surface area contributed by atoms with Crippen molar-refractivity contribution in [2.45, 2.75) is 239 Å². The minimum Gasteiger partial charge on any atom is -0.396 e. The van der Waals surface area contributed by atoms with E-state index in [0.717, 1.165) is 32.5 Å². The number of aliphatic hydroxyl groups excluding tert-OH is 2. The molecule has 0 saturated carbocycles. The predicted molar refractivity (Wildman–Crippen MR) is 319 cm³/mol. The number of carbonyl (C=O) groups excluding carboxylic acids is 1. The van der Waals surface area contributed by atoms with Crippen molar-refractivity contribution in [2.75, 3.05) is 26.4 Å². The minimum atomic E-state index is -0.529. The number of ketones is 1. The second kappa shape index (κ2) is 24.7. The third-order valence-electron chi connectivity index (χ3n) is 15.5. The Bertz CT molecular complexity index is 2360. The topological polar surface area (TPSA) is 76.0 Å². The SMILES string of the molecule is CC(C)c1cc(C(C)C)c(-c2ccccc2P2C(C)(C)CC(=O)CC2(C)C)c(C(C)C)c1.CC(C)c1cc(C(C)C)c(-c2ccccc2P2C(C)(C)CC3(CC2(C)C)OCCCO3)c(C(C)C)c1.OCCCO. The maximum Gasteiger partial charge on any atom is 0.169 e.